The summed E-state index contributed by atoms with van der Waals surface area (Å²) in [6.07, 6.45) is 8.02. The third kappa shape index (κ3) is 3.43. The summed E-state index contributed by atoms with van der Waals surface area (Å²) in [6.45, 7) is 2.09. The Labute approximate surface area is 183 Å². The molecule has 0 radical (unpaired) electrons. The quantitative estimate of drug-likeness (QED) is 0.452. The summed E-state index contributed by atoms with van der Waals surface area (Å²) in [5, 5.41) is 10.9. The van der Waals surface area contributed by atoms with E-state index in [0.717, 1.165) is 17.8 Å². The monoisotopic (exact) mass is 440 g/mol. The molecule has 4 aliphatic carbocycles. The standard InChI is InChI=1S/C24H28N2O4S/c1-2-25(31(29,30)23-9-7-22(8-10-23)26(27)28)21-5-3-20(4-6-21)24-14-17-11-18(15-24)13-19(12-17)16-24/h3-10,17-19H,2,11-16H2,1H3. The maximum Gasteiger partial charge on any atom is 0.269 e. The summed E-state index contributed by atoms with van der Waals surface area (Å²) in [5.74, 6) is 2.58. The summed E-state index contributed by atoms with van der Waals surface area (Å²) in [4.78, 5) is 10.4. The van der Waals surface area contributed by atoms with Crippen LogP contribution in [0.25, 0.3) is 0 Å². The first-order valence-corrected chi connectivity index (χ1v) is 12.6. The van der Waals surface area contributed by atoms with E-state index in [2.05, 4.69) is 12.1 Å². The molecule has 0 heterocycles. The summed E-state index contributed by atoms with van der Waals surface area (Å²) >= 11 is 0. The van der Waals surface area contributed by atoms with Crippen molar-refractivity contribution in [2.75, 3.05) is 10.8 Å². The minimum atomic E-state index is -3.79. The van der Waals surface area contributed by atoms with Gasteiger partial charge in [-0.1, -0.05) is 12.1 Å². The second-order valence-corrected chi connectivity index (χ2v) is 11.5. The van der Waals surface area contributed by atoms with Gasteiger partial charge in [0.25, 0.3) is 15.7 Å². The van der Waals surface area contributed by atoms with Crippen molar-refractivity contribution in [3.8, 4) is 0 Å². The maximum absolute atomic E-state index is 13.2. The maximum atomic E-state index is 13.2. The molecule has 31 heavy (non-hydrogen) atoms. The van der Waals surface area contributed by atoms with E-state index >= 15 is 0 Å². The molecule has 4 aliphatic rings. The van der Waals surface area contributed by atoms with Gasteiger partial charge in [0.15, 0.2) is 0 Å². The van der Waals surface area contributed by atoms with Gasteiger partial charge in [-0.05, 0) is 98.4 Å². The molecular formula is C24H28N2O4S. The van der Waals surface area contributed by atoms with Gasteiger partial charge in [-0.2, -0.15) is 0 Å². The van der Waals surface area contributed by atoms with E-state index in [4.69, 9.17) is 0 Å². The topological polar surface area (TPSA) is 80.5 Å². The van der Waals surface area contributed by atoms with Gasteiger partial charge < -0.3 is 0 Å². The van der Waals surface area contributed by atoms with Crippen LogP contribution >= 0.6 is 0 Å². The van der Waals surface area contributed by atoms with Crippen molar-refractivity contribution < 1.29 is 13.3 Å². The number of sulfonamides is 1. The van der Waals surface area contributed by atoms with Crippen LogP contribution in [0.2, 0.25) is 0 Å². The molecule has 0 saturated heterocycles. The molecule has 2 aromatic carbocycles. The number of nitrogens with zero attached hydrogens (tertiary/aromatic N) is 2. The van der Waals surface area contributed by atoms with Gasteiger partial charge in [0.05, 0.1) is 15.5 Å². The van der Waals surface area contributed by atoms with E-state index in [1.165, 1.54) is 72.7 Å². The lowest BCUT2D eigenvalue weighted by Crippen LogP contribution is -2.48. The third-order valence-corrected chi connectivity index (χ3v) is 9.65. The van der Waals surface area contributed by atoms with E-state index in [1.54, 1.807) is 6.92 Å². The van der Waals surface area contributed by atoms with E-state index < -0.39 is 14.9 Å². The molecule has 0 atom stereocenters. The van der Waals surface area contributed by atoms with Crippen LogP contribution in [0.4, 0.5) is 11.4 Å². The number of nitro benzene ring substituents is 1. The SMILES string of the molecule is CCN(c1ccc(C23CC4CC(CC(C4)C2)C3)cc1)S(=O)(=O)c1ccc([N+](=O)[O-])cc1. The second kappa shape index (κ2) is 7.33. The molecule has 164 valence electrons. The molecule has 4 fully saturated rings. The van der Waals surface area contributed by atoms with Crippen LogP contribution < -0.4 is 4.31 Å². The van der Waals surface area contributed by atoms with Crippen molar-refractivity contribution in [2.24, 2.45) is 17.8 Å². The predicted octanol–water partition coefficient (Wildman–Crippen LogP) is 5.28. The lowest BCUT2D eigenvalue weighted by molar-refractivity contribution is -0.384. The minimum Gasteiger partial charge on any atom is -0.267 e. The summed E-state index contributed by atoms with van der Waals surface area (Å²) < 4.78 is 27.8. The molecule has 0 aromatic heterocycles. The molecule has 2 aromatic rings. The van der Waals surface area contributed by atoms with Crippen LogP contribution in [0, 0.1) is 27.9 Å². The highest BCUT2D eigenvalue weighted by molar-refractivity contribution is 7.92. The molecule has 0 amide bonds. The third-order valence-electron chi connectivity index (χ3n) is 7.73. The average Bonchev–Trinajstić information content (AvgIpc) is 2.73. The molecular weight excluding hydrogens is 412 g/mol. The van der Waals surface area contributed by atoms with Crippen molar-refractivity contribution in [2.45, 2.75) is 55.8 Å². The van der Waals surface area contributed by atoms with E-state index in [-0.39, 0.29) is 22.5 Å². The Morgan fingerprint density at radius 1 is 0.935 bits per heavy atom. The van der Waals surface area contributed by atoms with Gasteiger partial charge in [0.2, 0.25) is 0 Å². The van der Waals surface area contributed by atoms with Crippen LogP contribution in [-0.2, 0) is 15.4 Å². The smallest absolute Gasteiger partial charge is 0.267 e. The Bertz CT molecular complexity index is 1060. The Morgan fingerprint density at radius 3 is 1.90 bits per heavy atom. The minimum absolute atomic E-state index is 0.0603. The Balaban J connectivity index is 1.42. The van der Waals surface area contributed by atoms with Crippen molar-refractivity contribution in [3.63, 3.8) is 0 Å². The molecule has 0 aliphatic heterocycles. The number of hydrogen-bond acceptors (Lipinski definition) is 4. The van der Waals surface area contributed by atoms with Crippen molar-refractivity contribution in [1.29, 1.82) is 0 Å². The lowest BCUT2D eigenvalue weighted by atomic mass is 9.48. The van der Waals surface area contributed by atoms with Gasteiger partial charge in [0.1, 0.15) is 0 Å². The van der Waals surface area contributed by atoms with E-state index in [1.807, 2.05) is 12.1 Å². The zero-order valence-corrected chi connectivity index (χ0v) is 18.6. The summed E-state index contributed by atoms with van der Waals surface area (Å²) in [7, 11) is -3.79. The lowest BCUT2D eigenvalue weighted by Gasteiger charge is -2.57. The molecule has 0 spiro atoms. The number of benzene rings is 2. The fraction of sp³-hybridized carbons (Fsp3) is 0.500. The summed E-state index contributed by atoms with van der Waals surface area (Å²) in [5.41, 5.74) is 2.15. The molecule has 4 bridgehead atoms. The Morgan fingerprint density at radius 2 is 1.45 bits per heavy atom. The molecule has 0 N–H and O–H groups in total. The first-order chi connectivity index (χ1) is 14.8. The first kappa shape index (κ1) is 20.5. The number of anilines is 1. The van der Waals surface area contributed by atoms with Crippen LogP contribution in [0.15, 0.2) is 53.4 Å². The fourth-order valence-electron chi connectivity index (χ4n) is 6.80. The zero-order valence-electron chi connectivity index (χ0n) is 17.7. The predicted molar refractivity (Wildman–Crippen MR) is 120 cm³/mol. The van der Waals surface area contributed by atoms with Crippen LogP contribution in [-0.4, -0.2) is 19.9 Å². The van der Waals surface area contributed by atoms with Gasteiger partial charge in [-0.25, -0.2) is 8.42 Å². The number of rotatable bonds is 6. The second-order valence-electron chi connectivity index (χ2n) is 9.67. The van der Waals surface area contributed by atoms with Gasteiger partial charge in [0, 0.05) is 18.7 Å². The van der Waals surface area contributed by atoms with Crippen LogP contribution in [0.5, 0.6) is 0 Å². The van der Waals surface area contributed by atoms with Crippen LogP contribution in [0.3, 0.4) is 0 Å². The van der Waals surface area contributed by atoms with E-state index in [9.17, 15) is 18.5 Å². The molecule has 0 unspecified atom stereocenters. The van der Waals surface area contributed by atoms with Crippen molar-refractivity contribution in [3.05, 3.63) is 64.2 Å². The zero-order chi connectivity index (χ0) is 21.8. The number of hydrogen-bond donors (Lipinski definition) is 0. The molecule has 7 heteroatoms. The molecule has 6 rings (SSSR count). The normalized spacial score (nSPS) is 29.1. The Kier molecular flexibility index (Phi) is 4.84. The summed E-state index contributed by atoms with van der Waals surface area (Å²) in [6, 6.07) is 13.2. The Hall–Kier alpha value is -2.41. The number of nitro groups is 1. The van der Waals surface area contributed by atoms with Gasteiger partial charge in [-0.15, -0.1) is 0 Å². The van der Waals surface area contributed by atoms with Gasteiger partial charge in [-0.3, -0.25) is 14.4 Å². The van der Waals surface area contributed by atoms with Crippen LogP contribution in [0.1, 0.15) is 51.0 Å². The molecule has 4 saturated carbocycles. The van der Waals surface area contributed by atoms with Crippen molar-refractivity contribution in [1.82, 2.24) is 0 Å². The van der Waals surface area contributed by atoms with Crippen molar-refractivity contribution >= 4 is 21.4 Å². The highest BCUT2D eigenvalue weighted by atomic mass is 32.2. The van der Waals surface area contributed by atoms with Gasteiger partial charge >= 0.3 is 0 Å². The first-order valence-electron chi connectivity index (χ1n) is 11.2. The fourth-order valence-corrected chi connectivity index (χ4v) is 8.28. The average molecular weight is 441 g/mol. The largest absolute Gasteiger partial charge is 0.269 e. The highest BCUT2D eigenvalue weighted by Gasteiger charge is 2.51. The van der Waals surface area contributed by atoms with E-state index in [0.29, 0.717) is 5.69 Å². The highest BCUT2D eigenvalue weighted by Crippen LogP contribution is 2.60. The molecule has 6 nitrogen and oxygen atoms in total. The number of non-ortho nitro benzene ring substituents is 1.